The molecule has 0 atom stereocenters. The van der Waals surface area contributed by atoms with Gasteiger partial charge in [-0.05, 0) is 32.7 Å². The summed E-state index contributed by atoms with van der Waals surface area (Å²) in [6.07, 6.45) is 1.29. The molecule has 0 spiro atoms. The highest BCUT2D eigenvalue weighted by Crippen LogP contribution is 2.37. The molecule has 2 heterocycles. The Bertz CT molecular complexity index is 517. The quantitative estimate of drug-likeness (QED) is 0.762. The van der Waals surface area contributed by atoms with E-state index in [1.165, 1.54) is 0 Å². The lowest BCUT2D eigenvalue weighted by Crippen LogP contribution is -2.54. The van der Waals surface area contributed by atoms with Crippen LogP contribution < -0.4 is 0 Å². The molecular formula is C16H29F2N3O2S. The maximum atomic E-state index is 13.3. The van der Waals surface area contributed by atoms with Gasteiger partial charge in [0.05, 0.1) is 5.25 Å². The highest BCUT2D eigenvalue weighted by Gasteiger charge is 2.42. The van der Waals surface area contributed by atoms with Gasteiger partial charge in [0.25, 0.3) is 0 Å². The van der Waals surface area contributed by atoms with Crippen LogP contribution in [-0.4, -0.2) is 86.1 Å². The molecule has 3 fully saturated rings. The molecule has 1 aliphatic carbocycles. The molecule has 5 nitrogen and oxygen atoms in total. The van der Waals surface area contributed by atoms with Crippen LogP contribution in [0.5, 0.6) is 0 Å². The average molecular weight is 365 g/mol. The zero-order chi connectivity index (χ0) is 17.4. The first-order valence-electron chi connectivity index (χ1n) is 9.07. The third-order valence-corrected chi connectivity index (χ3v) is 8.32. The Morgan fingerprint density at radius 3 is 1.96 bits per heavy atom. The van der Waals surface area contributed by atoms with E-state index in [0.717, 1.165) is 39.0 Å². The molecule has 0 aromatic carbocycles. The number of rotatable bonds is 3. The molecule has 0 aromatic rings. The summed E-state index contributed by atoms with van der Waals surface area (Å²) in [4.78, 5) is 4.79. The van der Waals surface area contributed by atoms with E-state index in [2.05, 4.69) is 16.8 Å². The number of halogens is 2. The normalized spacial score (nSPS) is 29.8. The molecule has 0 bridgehead atoms. The molecule has 24 heavy (non-hydrogen) atoms. The lowest BCUT2D eigenvalue weighted by molar-refractivity contribution is -0.0331. The fraction of sp³-hybridized carbons (Fsp3) is 1.00. The summed E-state index contributed by atoms with van der Waals surface area (Å²) in [5, 5.41) is -0.614. The summed E-state index contributed by atoms with van der Waals surface area (Å²) < 4.78 is 53.6. The predicted octanol–water partition coefficient (Wildman–Crippen LogP) is 1.61. The van der Waals surface area contributed by atoms with E-state index in [1.54, 1.807) is 4.31 Å². The van der Waals surface area contributed by atoms with E-state index in [9.17, 15) is 17.2 Å². The van der Waals surface area contributed by atoms with Crippen molar-refractivity contribution < 1.29 is 17.2 Å². The van der Waals surface area contributed by atoms with Crippen molar-refractivity contribution in [1.82, 2.24) is 14.1 Å². The second-order valence-electron chi connectivity index (χ2n) is 7.57. The fourth-order valence-electron chi connectivity index (χ4n) is 4.17. The van der Waals surface area contributed by atoms with Gasteiger partial charge in [-0.2, -0.15) is 0 Å². The number of hydrogen-bond acceptors (Lipinski definition) is 4. The summed E-state index contributed by atoms with van der Waals surface area (Å²) in [6.45, 7) is 5.29. The molecule has 0 amide bonds. The molecule has 0 unspecified atom stereocenters. The largest absolute Gasteiger partial charge is 0.304 e. The Balaban J connectivity index is 1.52. The van der Waals surface area contributed by atoms with E-state index in [1.807, 2.05) is 0 Å². The Kier molecular flexibility index (Phi) is 5.49. The fourth-order valence-corrected chi connectivity index (χ4v) is 6.14. The zero-order valence-electron chi connectivity index (χ0n) is 14.5. The molecule has 140 valence electrons. The molecular weight excluding hydrogens is 336 g/mol. The number of nitrogens with zero attached hydrogens (tertiary/aromatic N) is 3. The van der Waals surface area contributed by atoms with Crippen molar-refractivity contribution >= 4 is 10.0 Å². The Morgan fingerprint density at radius 2 is 1.42 bits per heavy atom. The topological polar surface area (TPSA) is 43.9 Å². The summed E-state index contributed by atoms with van der Waals surface area (Å²) in [5.74, 6) is -2.68. The Labute approximate surface area is 144 Å². The van der Waals surface area contributed by atoms with E-state index < -0.39 is 21.2 Å². The molecule has 2 aliphatic heterocycles. The van der Waals surface area contributed by atoms with Gasteiger partial charge in [0.2, 0.25) is 15.9 Å². The van der Waals surface area contributed by atoms with Crippen LogP contribution in [0, 0.1) is 0 Å². The molecule has 8 heteroatoms. The maximum Gasteiger partial charge on any atom is 0.248 e. The van der Waals surface area contributed by atoms with Gasteiger partial charge in [-0.15, -0.1) is 0 Å². The number of hydrogen-bond donors (Lipinski definition) is 0. The molecule has 0 aromatic heterocycles. The summed E-state index contributed by atoms with van der Waals surface area (Å²) in [6, 6.07) is 0.459. The first-order valence-corrected chi connectivity index (χ1v) is 10.6. The minimum Gasteiger partial charge on any atom is -0.304 e. The number of sulfonamides is 1. The Hall–Kier alpha value is -0.310. The first kappa shape index (κ1) is 18.5. The molecule has 0 radical (unpaired) electrons. The SMILES string of the molecule is CN1CCN(C2CCN(S(=O)(=O)C3CCC(F)(F)CC3)CC2)CC1. The van der Waals surface area contributed by atoms with E-state index in [4.69, 9.17) is 0 Å². The Morgan fingerprint density at radius 1 is 0.875 bits per heavy atom. The lowest BCUT2D eigenvalue weighted by Gasteiger charge is -2.42. The van der Waals surface area contributed by atoms with Crippen LogP contribution in [0.4, 0.5) is 8.78 Å². The number of alkyl halides is 2. The van der Waals surface area contributed by atoms with Crippen LogP contribution in [0.1, 0.15) is 38.5 Å². The van der Waals surface area contributed by atoms with Crippen molar-refractivity contribution in [3.05, 3.63) is 0 Å². The van der Waals surface area contributed by atoms with Crippen molar-refractivity contribution in [1.29, 1.82) is 0 Å². The smallest absolute Gasteiger partial charge is 0.248 e. The molecule has 2 saturated heterocycles. The molecule has 3 aliphatic rings. The highest BCUT2D eigenvalue weighted by molar-refractivity contribution is 7.89. The summed E-state index contributed by atoms with van der Waals surface area (Å²) in [5.41, 5.74) is 0. The third kappa shape index (κ3) is 4.08. The average Bonchev–Trinajstić information content (AvgIpc) is 2.55. The van der Waals surface area contributed by atoms with E-state index in [-0.39, 0.29) is 25.7 Å². The highest BCUT2D eigenvalue weighted by atomic mass is 32.2. The van der Waals surface area contributed by atoms with Gasteiger partial charge < -0.3 is 4.90 Å². The van der Waals surface area contributed by atoms with Crippen molar-refractivity contribution in [2.24, 2.45) is 0 Å². The van der Waals surface area contributed by atoms with Gasteiger partial charge in [-0.1, -0.05) is 0 Å². The van der Waals surface area contributed by atoms with Crippen LogP contribution in [0.2, 0.25) is 0 Å². The molecule has 1 saturated carbocycles. The van der Waals surface area contributed by atoms with Crippen molar-refractivity contribution in [2.75, 3.05) is 46.3 Å². The van der Waals surface area contributed by atoms with Crippen LogP contribution in [-0.2, 0) is 10.0 Å². The summed E-state index contributed by atoms with van der Waals surface area (Å²) in [7, 11) is -1.30. The lowest BCUT2D eigenvalue weighted by atomic mass is 9.96. The predicted molar refractivity (Wildman–Crippen MR) is 89.8 cm³/mol. The number of likely N-dealkylation sites (N-methyl/N-ethyl adjacent to an activating group) is 1. The van der Waals surface area contributed by atoms with Crippen LogP contribution >= 0.6 is 0 Å². The first-order chi connectivity index (χ1) is 11.3. The minimum absolute atomic E-state index is 0.0910. The standard InChI is InChI=1S/C16H29F2N3O2S/c1-19-10-12-20(13-11-19)14-4-8-21(9-5-14)24(22,23)15-2-6-16(17,18)7-3-15/h14-15H,2-13H2,1H3. The summed E-state index contributed by atoms with van der Waals surface area (Å²) >= 11 is 0. The molecule has 3 rings (SSSR count). The van der Waals surface area contributed by atoms with Crippen LogP contribution in [0.25, 0.3) is 0 Å². The minimum atomic E-state index is -3.42. The van der Waals surface area contributed by atoms with Crippen LogP contribution in [0.15, 0.2) is 0 Å². The van der Waals surface area contributed by atoms with Gasteiger partial charge in [0.15, 0.2) is 0 Å². The van der Waals surface area contributed by atoms with Crippen LogP contribution in [0.3, 0.4) is 0 Å². The number of piperidine rings is 1. The van der Waals surface area contributed by atoms with E-state index in [0.29, 0.717) is 19.1 Å². The second kappa shape index (κ2) is 7.13. The maximum absolute atomic E-state index is 13.3. The third-order valence-electron chi connectivity index (χ3n) is 5.92. The van der Waals surface area contributed by atoms with E-state index >= 15 is 0 Å². The van der Waals surface area contributed by atoms with Crippen molar-refractivity contribution in [3.8, 4) is 0 Å². The van der Waals surface area contributed by atoms with Gasteiger partial charge >= 0.3 is 0 Å². The van der Waals surface area contributed by atoms with Gasteiger partial charge in [-0.3, -0.25) is 4.90 Å². The van der Waals surface area contributed by atoms with Crippen molar-refractivity contribution in [3.63, 3.8) is 0 Å². The van der Waals surface area contributed by atoms with Gasteiger partial charge in [0, 0.05) is 58.2 Å². The second-order valence-corrected chi connectivity index (χ2v) is 9.78. The monoisotopic (exact) mass is 365 g/mol. The number of piperazine rings is 1. The van der Waals surface area contributed by atoms with Crippen molar-refractivity contribution in [2.45, 2.75) is 55.7 Å². The van der Waals surface area contributed by atoms with Gasteiger partial charge in [0.1, 0.15) is 0 Å². The zero-order valence-corrected chi connectivity index (χ0v) is 15.3. The van der Waals surface area contributed by atoms with Gasteiger partial charge in [-0.25, -0.2) is 21.5 Å². The molecule has 0 N–H and O–H groups in total.